The molecule has 0 aliphatic rings. The number of pyridine rings is 1. The second-order valence-corrected chi connectivity index (χ2v) is 5.67. The lowest BCUT2D eigenvalue weighted by molar-refractivity contribution is -0.137. The summed E-state index contributed by atoms with van der Waals surface area (Å²) in [6, 6.07) is 7.51. The van der Waals surface area contributed by atoms with Gasteiger partial charge in [0.15, 0.2) is 0 Å². The van der Waals surface area contributed by atoms with Crippen molar-refractivity contribution in [3.63, 3.8) is 0 Å². The number of rotatable bonds is 2. The molecule has 2 heterocycles. The number of aromatic hydroxyl groups is 1. The number of halogens is 3. The first-order valence-corrected chi connectivity index (χ1v) is 7.23. The summed E-state index contributed by atoms with van der Waals surface area (Å²) in [6.45, 7) is 0. The van der Waals surface area contributed by atoms with Crippen molar-refractivity contribution in [2.45, 2.75) is 6.18 Å². The normalized spacial score (nSPS) is 11.6. The summed E-state index contributed by atoms with van der Waals surface area (Å²) in [5.41, 5.74) is -0.868. The van der Waals surface area contributed by atoms with E-state index in [1.807, 2.05) is 0 Å². The first-order valence-electron chi connectivity index (χ1n) is 6.41. The van der Waals surface area contributed by atoms with E-state index in [1.165, 1.54) is 18.3 Å². The standard InChI is InChI=1S/C15H9F3N2O2S/c16-15(17,18)8-3-1-4-9(7-8)20-13(22)12-11(21)10-5-2-6-19-14(10)23-12/h1-7,21H,(H,20,22). The van der Waals surface area contributed by atoms with Gasteiger partial charge in [0, 0.05) is 11.9 Å². The highest BCUT2D eigenvalue weighted by Gasteiger charge is 2.30. The third-order valence-electron chi connectivity index (χ3n) is 3.09. The zero-order valence-electron chi connectivity index (χ0n) is 11.4. The van der Waals surface area contributed by atoms with E-state index < -0.39 is 17.6 Å². The van der Waals surface area contributed by atoms with Crippen LogP contribution in [0, 0.1) is 0 Å². The summed E-state index contributed by atoms with van der Waals surface area (Å²) in [7, 11) is 0. The van der Waals surface area contributed by atoms with Gasteiger partial charge in [0.25, 0.3) is 5.91 Å². The number of amides is 1. The maximum atomic E-state index is 12.7. The number of hydrogen-bond acceptors (Lipinski definition) is 4. The number of carbonyl (C=O) groups excluding carboxylic acids is 1. The van der Waals surface area contributed by atoms with Crippen molar-refractivity contribution in [3.05, 3.63) is 53.0 Å². The molecule has 0 spiro atoms. The van der Waals surface area contributed by atoms with E-state index in [4.69, 9.17) is 0 Å². The first kappa shape index (κ1) is 15.3. The lowest BCUT2D eigenvalue weighted by Gasteiger charge is -2.09. The van der Waals surface area contributed by atoms with E-state index in [9.17, 15) is 23.1 Å². The van der Waals surface area contributed by atoms with E-state index in [-0.39, 0.29) is 16.3 Å². The Kier molecular flexibility index (Phi) is 3.69. The number of carbonyl (C=O) groups is 1. The third kappa shape index (κ3) is 2.98. The SMILES string of the molecule is O=C(Nc1cccc(C(F)(F)F)c1)c1sc2ncccc2c1O. The molecule has 2 N–H and O–H groups in total. The van der Waals surface area contributed by atoms with Crippen LogP contribution in [-0.2, 0) is 6.18 Å². The van der Waals surface area contributed by atoms with Gasteiger partial charge < -0.3 is 10.4 Å². The number of alkyl halides is 3. The first-order chi connectivity index (χ1) is 10.9. The highest BCUT2D eigenvalue weighted by atomic mass is 32.1. The molecular formula is C15H9F3N2O2S. The zero-order valence-corrected chi connectivity index (χ0v) is 12.2. The fourth-order valence-electron chi connectivity index (χ4n) is 2.03. The lowest BCUT2D eigenvalue weighted by atomic mass is 10.2. The van der Waals surface area contributed by atoms with Crippen LogP contribution < -0.4 is 5.32 Å². The van der Waals surface area contributed by atoms with E-state index >= 15 is 0 Å². The van der Waals surface area contributed by atoms with Crippen LogP contribution in [0.2, 0.25) is 0 Å². The van der Waals surface area contributed by atoms with Crippen molar-refractivity contribution in [1.82, 2.24) is 4.98 Å². The van der Waals surface area contributed by atoms with Gasteiger partial charge in [-0.1, -0.05) is 6.07 Å². The Morgan fingerprint density at radius 3 is 2.70 bits per heavy atom. The van der Waals surface area contributed by atoms with Crippen LogP contribution in [0.3, 0.4) is 0 Å². The zero-order chi connectivity index (χ0) is 16.6. The van der Waals surface area contributed by atoms with Crippen molar-refractivity contribution in [3.8, 4) is 5.75 Å². The van der Waals surface area contributed by atoms with Crippen LogP contribution in [-0.4, -0.2) is 16.0 Å². The van der Waals surface area contributed by atoms with Gasteiger partial charge in [-0.25, -0.2) is 4.98 Å². The number of aromatic nitrogens is 1. The molecule has 0 fully saturated rings. The van der Waals surface area contributed by atoms with Gasteiger partial charge in [-0.05, 0) is 30.3 Å². The van der Waals surface area contributed by atoms with Crippen molar-refractivity contribution in [1.29, 1.82) is 0 Å². The van der Waals surface area contributed by atoms with E-state index in [1.54, 1.807) is 12.1 Å². The summed E-state index contributed by atoms with van der Waals surface area (Å²) in [5.74, 6) is -0.924. The summed E-state index contributed by atoms with van der Waals surface area (Å²) in [5, 5.41) is 12.8. The van der Waals surface area contributed by atoms with E-state index in [2.05, 4.69) is 10.3 Å². The second kappa shape index (κ2) is 5.54. The van der Waals surface area contributed by atoms with E-state index in [0.717, 1.165) is 23.5 Å². The predicted molar refractivity (Wildman–Crippen MR) is 80.7 cm³/mol. The van der Waals surface area contributed by atoms with Gasteiger partial charge in [0.1, 0.15) is 15.5 Å². The van der Waals surface area contributed by atoms with Crippen LogP contribution in [0.25, 0.3) is 10.2 Å². The number of fused-ring (bicyclic) bond motifs is 1. The smallest absolute Gasteiger partial charge is 0.416 e. The Balaban J connectivity index is 1.91. The average Bonchev–Trinajstić information content (AvgIpc) is 2.84. The molecule has 0 unspecified atom stereocenters. The molecule has 0 atom stereocenters. The fraction of sp³-hybridized carbons (Fsp3) is 0.0667. The summed E-state index contributed by atoms with van der Waals surface area (Å²) >= 11 is 0.966. The summed E-state index contributed by atoms with van der Waals surface area (Å²) in [6.07, 6.45) is -2.98. The number of nitrogens with zero attached hydrogens (tertiary/aromatic N) is 1. The number of nitrogens with one attached hydrogen (secondary N) is 1. The fourth-order valence-corrected chi connectivity index (χ4v) is 2.97. The Morgan fingerprint density at radius 1 is 1.22 bits per heavy atom. The Bertz CT molecular complexity index is 890. The molecular weight excluding hydrogens is 329 g/mol. The van der Waals surface area contributed by atoms with Gasteiger partial charge in [-0.15, -0.1) is 11.3 Å². The van der Waals surface area contributed by atoms with Crippen LogP contribution in [0.5, 0.6) is 5.75 Å². The maximum Gasteiger partial charge on any atom is 0.416 e. The minimum absolute atomic E-state index is 0.00360. The second-order valence-electron chi connectivity index (χ2n) is 4.67. The molecule has 1 amide bonds. The van der Waals surface area contributed by atoms with Crippen LogP contribution in [0.4, 0.5) is 18.9 Å². The molecule has 2 aromatic heterocycles. The number of thiophene rings is 1. The monoisotopic (exact) mass is 338 g/mol. The molecule has 0 saturated heterocycles. The molecule has 8 heteroatoms. The maximum absolute atomic E-state index is 12.7. The molecule has 0 saturated carbocycles. The average molecular weight is 338 g/mol. The number of benzene rings is 1. The van der Waals surface area contributed by atoms with Gasteiger partial charge >= 0.3 is 6.18 Å². The molecule has 4 nitrogen and oxygen atoms in total. The van der Waals surface area contributed by atoms with Crippen molar-refractivity contribution >= 4 is 33.1 Å². The molecule has 23 heavy (non-hydrogen) atoms. The van der Waals surface area contributed by atoms with Crippen molar-refractivity contribution in [2.24, 2.45) is 0 Å². The minimum Gasteiger partial charge on any atom is -0.506 e. The Labute approximate surface area is 132 Å². The molecule has 118 valence electrons. The molecule has 3 aromatic rings. The third-order valence-corrected chi connectivity index (χ3v) is 4.20. The van der Waals surface area contributed by atoms with Gasteiger partial charge in [-0.2, -0.15) is 13.2 Å². The largest absolute Gasteiger partial charge is 0.506 e. The Hall–Kier alpha value is -2.61. The summed E-state index contributed by atoms with van der Waals surface area (Å²) in [4.78, 5) is 16.7. The topological polar surface area (TPSA) is 62.2 Å². The van der Waals surface area contributed by atoms with Crippen LogP contribution in [0.15, 0.2) is 42.6 Å². The van der Waals surface area contributed by atoms with Crippen LogP contribution in [0.1, 0.15) is 15.2 Å². The highest BCUT2D eigenvalue weighted by Crippen LogP contribution is 2.36. The van der Waals surface area contributed by atoms with Crippen molar-refractivity contribution < 1.29 is 23.1 Å². The molecule has 1 aromatic carbocycles. The van der Waals surface area contributed by atoms with E-state index in [0.29, 0.717) is 10.2 Å². The van der Waals surface area contributed by atoms with Gasteiger partial charge in [-0.3, -0.25) is 4.79 Å². The Morgan fingerprint density at radius 2 is 2.00 bits per heavy atom. The predicted octanol–water partition coefficient (Wildman–Crippen LogP) is 4.27. The number of anilines is 1. The minimum atomic E-state index is -4.50. The number of hydrogen-bond donors (Lipinski definition) is 2. The van der Waals surface area contributed by atoms with Crippen LogP contribution >= 0.6 is 11.3 Å². The van der Waals surface area contributed by atoms with Crippen molar-refractivity contribution in [2.75, 3.05) is 5.32 Å². The molecule has 3 rings (SSSR count). The highest BCUT2D eigenvalue weighted by molar-refractivity contribution is 7.21. The van der Waals surface area contributed by atoms with Gasteiger partial charge in [0.05, 0.1) is 10.9 Å². The summed E-state index contributed by atoms with van der Waals surface area (Å²) < 4.78 is 38.0. The molecule has 0 bridgehead atoms. The molecule has 0 aliphatic heterocycles. The molecule has 0 radical (unpaired) electrons. The quantitative estimate of drug-likeness (QED) is 0.733. The lowest BCUT2D eigenvalue weighted by Crippen LogP contribution is -2.12. The molecule has 0 aliphatic carbocycles. The van der Waals surface area contributed by atoms with Gasteiger partial charge in [0.2, 0.25) is 0 Å².